The molecular formula is C27H40N6O6. The van der Waals surface area contributed by atoms with Crippen molar-refractivity contribution < 1.29 is 28.7 Å². The Hall–Kier alpha value is -3.57. The predicted octanol–water partition coefficient (Wildman–Crippen LogP) is 3.41. The van der Waals surface area contributed by atoms with Crippen molar-refractivity contribution in [3.8, 4) is 0 Å². The van der Waals surface area contributed by atoms with Crippen molar-refractivity contribution in [2.45, 2.75) is 70.9 Å². The molecule has 1 spiro atoms. The van der Waals surface area contributed by atoms with E-state index in [1.165, 1.54) is 23.8 Å². The monoisotopic (exact) mass is 544 g/mol. The zero-order valence-electron chi connectivity index (χ0n) is 23.3. The molecule has 0 aromatic carbocycles. The summed E-state index contributed by atoms with van der Waals surface area (Å²) >= 11 is 0. The molecule has 4 rings (SSSR count). The lowest BCUT2D eigenvalue weighted by atomic mass is 9.71. The second kappa shape index (κ2) is 11.3. The molecule has 2 N–H and O–H groups in total. The molecule has 39 heavy (non-hydrogen) atoms. The Bertz CT molecular complexity index is 1110. The Morgan fingerprint density at radius 3 is 2.51 bits per heavy atom. The van der Waals surface area contributed by atoms with E-state index in [0.717, 1.165) is 18.5 Å². The second-order valence-corrected chi connectivity index (χ2v) is 11.8. The Kier molecular flexibility index (Phi) is 8.22. The van der Waals surface area contributed by atoms with Crippen LogP contribution in [0.5, 0.6) is 0 Å². The van der Waals surface area contributed by atoms with Crippen molar-refractivity contribution in [3.63, 3.8) is 0 Å². The number of amides is 2. The van der Waals surface area contributed by atoms with Gasteiger partial charge in [-0.15, -0.1) is 0 Å². The van der Waals surface area contributed by atoms with Crippen LogP contribution in [0.1, 0.15) is 71.0 Å². The minimum absolute atomic E-state index is 0.0746. The van der Waals surface area contributed by atoms with Crippen molar-refractivity contribution in [2.24, 2.45) is 22.2 Å². The summed E-state index contributed by atoms with van der Waals surface area (Å²) in [5, 5.41) is 8.56. The normalized spacial score (nSPS) is 21.9. The Morgan fingerprint density at radius 2 is 1.87 bits per heavy atom. The van der Waals surface area contributed by atoms with Gasteiger partial charge in [-0.1, -0.05) is 30.7 Å². The third-order valence-electron chi connectivity index (χ3n) is 7.63. The fourth-order valence-electron chi connectivity index (χ4n) is 5.58. The number of amidine groups is 1. The lowest BCUT2D eigenvalue weighted by Crippen LogP contribution is -2.64. The largest absolute Gasteiger partial charge is 0.445 e. The second-order valence-electron chi connectivity index (χ2n) is 11.8. The summed E-state index contributed by atoms with van der Waals surface area (Å²) in [4.78, 5) is 46.3. The van der Waals surface area contributed by atoms with Crippen molar-refractivity contribution in [1.82, 2.24) is 19.6 Å². The summed E-state index contributed by atoms with van der Waals surface area (Å²) in [6.45, 7) is 11.9. The molecule has 3 aliphatic rings. The van der Waals surface area contributed by atoms with Gasteiger partial charge in [-0.05, 0) is 46.6 Å². The summed E-state index contributed by atoms with van der Waals surface area (Å²) in [6.07, 6.45) is 6.95. The number of nitrogens with two attached hydrogens (primary N) is 1. The first kappa shape index (κ1) is 28.4. The molecule has 3 fully saturated rings. The van der Waals surface area contributed by atoms with Crippen LogP contribution in [0.4, 0.5) is 9.59 Å². The predicted molar refractivity (Wildman–Crippen MR) is 143 cm³/mol. The van der Waals surface area contributed by atoms with E-state index < -0.39 is 41.1 Å². The molecule has 1 saturated carbocycles. The van der Waals surface area contributed by atoms with Gasteiger partial charge < -0.3 is 29.8 Å². The van der Waals surface area contributed by atoms with Gasteiger partial charge in [0.25, 0.3) is 0 Å². The molecule has 0 bridgehead atoms. The van der Waals surface area contributed by atoms with Crippen LogP contribution in [0.3, 0.4) is 0 Å². The number of likely N-dealkylation sites (tertiary alicyclic amines) is 2. The van der Waals surface area contributed by atoms with Crippen LogP contribution in [0.25, 0.3) is 0 Å². The molecular weight excluding hydrogens is 504 g/mol. The highest BCUT2D eigenvalue weighted by atomic mass is 16.7. The highest BCUT2D eigenvalue weighted by molar-refractivity contribution is 5.86. The maximum Gasteiger partial charge on any atom is 0.410 e. The van der Waals surface area contributed by atoms with E-state index in [-0.39, 0.29) is 19.0 Å². The summed E-state index contributed by atoms with van der Waals surface area (Å²) in [5.41, 5.74) is 6.14. The molecule has 3 heterocycles. The summed E-state index contributed by atoms with van der Waals surface area (Å²) < 4.78 is 12.3. The van der Waals surface area contributed by atoms with Crippen molar-refractivity contribution in [3.05, 3.63) is 30.6 Å². The Labute approximate surface area is 229 Å². The summed E-state index contributed by atoms with van der Waals surface area (Å²) in [6, 6.07) is 1.26. The van der Waals surface area contributed by atoms with Gasteiger partial charge in [-0.2, -0.15) is 5.10 Å². The third kappa shape index (κ3) is 6.36. The van der Waals surface area contributed by atoms with Crippen molar-refractivity contribution in [2.75, 3.05) is 32.8 Å². The molecule has 1 aromatic heterocycles. The minimum Gasteiger partial charge on any atom is -0.445 e. The average molecular weight is 545 g/mol. The lowest BCUT2D eigenvalue weighted by molar-refractivity contribution is -0.147. The van der Waals surface area contributed by atoms with Gasteiger partial charge in [0, 0.05) is 49.6 Å². The number of hydrogen-bond donors (Lipinski definition) is 1. The first-order chi connectivity index (χ1) is 18.4. The molecule has 2 aliphatic heterocycles. The van der Waals surface area contributed by atoms with Gasteiger partial charge in [0.05, 0.1) is 5.69 Å². The zero-order valence-corrected chi connectivity index (χ0v) is 23.3. The highest BCUT2D eigenvalue weighted by Gasteiger charge is 2.58. The van der Waals surface area contributed by atoms with E-state index in [1.54, 1.807) is 43.5 Å². The third-order valence-corrected chi connectivity index (χ3v) is 7.63. The topological polar surface area (TPSA) is 142 Å². The number of aromatic nitrogens is 2. The summed E-state index contributed by atoms with van der Waals surface area (Å²) in [7, 11) is 0. The molecule has 214 valence electrons. The number of rotatable bonds is 7. The standard InChI is InChI=1S/C27H40N6O6/c1-6-13-37-24(35)31-14-20(27(15-31)16-32(17-27)25(36)38-26(3,4)5)22(28)30-39-23(34)18(2)33-12-11-21(29-33)19-9-7-8-10-19/h6,11-12,18-20H,1,7-10,13-17H2,2-5H3,(H2,28,30). The van der Waals surface area contributed by atoms with E-state index in [9.17, 15) is 14.4 Å². The smallest absolute Gasteiger partial charge is 0.410 e. The maximum atomic E-state index is 12.8. The number of carbonyl (C=O) groups is 3. The molecule has 2 atom stereocenters. The molecule has 0 radical (unpaired) electrons. The number of carbonyl (C=O) groups excluding carboxylic acids is 3. The Balaban J connectivity index is 1.42. The molecule has 1 aromatic rings. The van der Waals surface area contributed by atoms with E-state index >= 15 is 0 Å². The molecule has 2 saturated heterocycles. The quantitative estimate of drug-likeness (QED) is 0.181. The number of ether oxygens (including phenoxy) is 2. The van der Waals surface area contributed by atoms with E-state index in [4.69, 9.17) is 20.0 Å². The van der Waals surface area contributed by atoms with Gasteiger partial charge in [0.2, 0.25) is 0 Å². The van der Waals surface area contributed by atoms with Crippen LogP contribution in [-0.4, -0.2) is 82.0 Å². The average Bonchev–Trinajstić information content (AvgIpc) is 3.62. The van der Waals surface area contributed by atoms with Gasteiger partial charge >= 0.3 is 18.2 Å². The molecule has 2 unspecified atom stereocenters. The van der Waals surface area contributed by atoms with Crippen LogP contribution < -0.4 is 5.73 Å². The fourth-order valence-corrected chi connectivity index (χ4v) is 5.58. The lowest BCUT2D eigenvalue weighted by Gasteiger charge is -2.50. The van der Waals surface area contributed by atoms with Crippen LogP contribution in [0, 0.1) is 11.3 Å². The number of oxime groups is 1. The maximum absolute atomic E-state index is 12.8. The first-order valence-electron chi connectivity index (χ1n) is 13.5. The highest BCUT2D eigenvalue weighted by Crippen LogP contribution is 2.45. The van der Waals surface area contributed by atoms with E-state index in [0.29, 0.717) is 25.6 Å². The minimum atomic E-state index is -0.689. The molecule has 2 amide bonds. The SMILES string of the molecule is C=CCOC(=O)N1CC(/C(N)=N/OC(=O)C(C)n2ccc(C3CCCC3)n2)C2(C1)CN(C(=O)OC(C)(C)C)C2. The zero-order chi connectivity index (χ0) is 28.4. The van der Waals surface area contributed by atoms with E-state index in [2.05, 4.69) is 16.8 Å². The van der Waals surface area contributed by atoms with Gasteiger partial charge in [0.15, 0.2) is 0 Å². The van der Waals surface area contributed by atoms with Crippen molar-refractivity contribution >= 4 is 24.0 Å². The van der Waals surface area contributed by atoms with Crippen molar-refractivity contribution in [1.29, 1.82) is 0 Å². The van der Waals surface area contributed by atoms with Gasteiger partial charge in [-0.25, -0.2) is 14.4 Å². The van der Waals surface area contributed by atoms with Gasteiger partial charge in [-0.3, -0.25) is 4.68 Å². The Morgan fingerprint density at radius 1 is 1.21 bits per heavy atom. The van der Waals surface area contributed by atoms with Crippen LogP contribution in [-0.2, 0) is 19.1 Å². The molecule has 12 nitrogen and oxygen atoms in total. The van der Waals surface area contributed by atoms with Gasteiger partial charge in [0.1, 0.15) is 24.1 Å². The van der Waals surface area contributed by atoms with E-state index in [1.807, 2.05) is 6.07 Å². The van der Waals surface area contributed by atoms with Crippen LogP contribution >= 0.6 is 0 Å². The van der Waals surface area contributed by atoms with Crippen LogP contribution in [0.2, 0.25) is 0 Å². The van der Waals surface area contributed by atoms with Crippen LogP contribution in [0.15, 0.2) is 30.1 Å². The summed E-state index contributed by atoms with van der Waals surface area (Å²) in [5.74, 6) is -0.539. The first-order valence-corrected chi connectivity index (χ1v) is 13.5. The number of hydrogen-bond acceptors (Lipinski definition) is 8. The number of nitrogens with zero attached hydrogens (tertiary/aromatic N) is 5. The molecule has 1 aliphatic carbocycles. The fraction of sp³-hybridized carbons (Fsp3) is 0.667. The molecule has 12 heteroatoms.